The van der Waals surface area contributed by atoms with Crippen molar-refractivity contribution in [3.63, 3.8) is 0 Å². The van der Waals surface area contributed by atoms with E-state index in [0.717, 1.165) is 25.8 Å². The minimum absolute atomic E-state index is 0.0211. The van der Waals surface area contributed by atoms with Gasteiger partial charge in [-0.15, -0.1) is 0 Å². The highest BCUT2D eigenvalue weighted by Gasteiger charge is 2.19. The normalized spacial score (nSPS) is 11.5. The highest BCUT2D eigenvalue weighted by molar-refractivity contribution is 5.78. The number of para-hydroxylation sites is 1. The molecule has 0 fully saturated rings. The fourth-order valence-electron chi connectivity index (χ4n) is 2.05. The largest absolute Gasteiger partial charge is 0.482 e. The van der Waals surface area contributed by atoms with E-state index in [2.05, 4.69) is 26.8 Å². The van der Waals surface area contributed by atoms with Crippen molar-refractivity contribution in [3.05, 3.63) is 29.8 Å². The van der Waals surface area contributed by atoms with Crippen LogP contribution in [-0.2, 0) is 4.79 Å². The molecule has 4 heteroatoms. The van der Waals surface area contributed by atoms with Crippen LogP contribution in [0.3, 0.4) is 0 Å². The van der Waals surface area contributed by atoms with Crippen molar-refractivity contribution >= 4 is 5.91 Å². The molecule has 1 atom stereocenters. The van der Waals surface area contributed by atoms with E-state index in [0.29, 0.717) is 11.3 Å². The van der Waals surface area contributed by atoms with Crippen LogP contribution in [0.5, 0.6) is 5.75 Å². The lowest BCUT2D eigenvalue weighted by atomic mass is 10.2. The second-order valence-corrected chi connectivity index (χ2v) is 5.09. The maximum absolute atomic E-state index is 12.3. The molecule has 0 N–H and O–H groups in total. The van der Waals surface area contributed by atoms with Crippen LogP contribution in [0.2, 0.25) is 0 Å². The van der Waals surface area contributed by atoms with Gasteiger partial charge < -0.3 is 9.64 Å². The molecule has 21 heavy (non-hydrogen) atoms. The predicted octanol–water partition coefficient (Wildman–Crippen LogP) is 3.36. The van der Waals surface area contributed by atoms with E-state index < -0.39 is 0 Å². The van der Waals surface area contributed by atoms with Crippen molar-refractivity contribution in [2.75, 3.05) is 13.2 Å². The van der Waals surface area contributed by atoms with Crippen molar-refractivity contribution in [2.24, 2.45) is 0 Å². The molecule has 114 valence electrons. The Morgan fingerprint density at radius 2 is 2.10 bits per heavy atom. The summed E-state index contributed by atoms with van der Waals surface area (Å²) >= 11 is 0. The van der Waals surface area contributed by atoms with Gasteiger partial charge >= 0.3 is 0 Å². The van der Waals surface area contributed by atoms with E-state index in [4.69, 9.17) is 10.00 Å². The van der Waals surface area contributed by atoms with E-state index in [-0.39, 0.29) is 18.6 Å². The number of carbonyl (C=O) groups excluding carboxylic acids is 1. The molecule has 0 heterocycles. The van der Waals surface area contributed by atoms with Crippen LogP contribution in [-0.4, -0.2) is 30.0 Å². The molecule has 0 aliphatic heterocycles. The minimum Gasteiger partial charge on any atom is -0.482 e. The Balaban J connectivity index is 2.67. The Bertz CT molecular complexity index is 494. The van der Waals surface area contributed by atoms with Gasteiger partial charge in [-0.25, -0.2) is 0 Å². The van der Waals surface area contributed by atoms with Gasteiger partial charge in [0, 0.05) is 12.6 Å². The first-order valence-corrected chi connectivity index (χ1v) is 7.55. The number of hydrogen-bond acceptors (Lipinski definition) is 3. The molecule has 0 aliphatic carbocycles. The lowest BCUT2D eigenvalue weighted by Crippen LogP contribution is -2.41. The number of amides is 1. The van der Waals surface area contributed by atoms with E-state index in [1.165, 1.54) is 0 Å². The first kappa shape index (κ1) is 17.0. The van der Waals surface area contributed by atoms with Gasteiger partial charge in [0.15, 0.2) is 6.61 Å². The fraction of sp³-hybridized carbons (Fsp3) is 0.529. The zero-order chi connectivity index (χ0) is 15.7. The van der Waals surface area contributed by atoms with Gasteiger partial charge in [0.25, 0.3) is 5.91 Å². The monoisotopic (exact) mass is 288 g/mol. The van der Waals surface area contributed by atoms with E-state index >= 15 is 0 Å². The lowest BCUT2D eigenvalue weighted by Gasteiger charge is -2.28. The van der Waals surface area contributed by atoms with Gasteiger partial charge in [0.05, 0.1) is 5.56 Å². The van der Waals surface area contributed by atoms with Crippen LogP contribution >= 0.6 is 0 Å². The highest BCUT2D eigenvalue weighted by Crippen LogP contribution is 2.17. The fourth-order valence-corrected chi connectivity index (χ4v) is 2.05. The summed E-state index contributed by atoms with van der Waals surface area (Å²) in [6.45, 7) is 6.97. The van der Waals surface area contributed by atoms with E-state index in [1.807, 2.05) is 4.90 Å². The van der Waals surface area contributed by atoms with Gasteiger partial charge in [-0.2, -0.15) is 5.26 Å². The molecular formula is C17H24N2O2. The molecule has 1 amide bonds. The molecule has 0 aliphatic rings. The molecule has 4 nitrogen and oxygen atoms in total. The Morgan fingerprint density at radius 3 is 2.71 bits per heavy atom. The molecule has 1 aromatic carbocycles. The number of carbonyl (C=O) groups is 1. The third-order valence-corrected chi connectivity index (χ3v) is 3.55. The summed E-state index contributed by atoms with van der Waals surface area (Å²) in [5.41, 5.74) is 0.453. The van der Waals surface area contributed by atoms with Gasteiger partial charge in [-0.1, -0.05) is 32.4 Å². The Hall–Kier alpha value is -2.02. The standard InChI is InChI=1S/C17H24N2O2/c1-4-6-11-19(14(3)5-2)17(20)13-21-16-10-8-7-9-15(16)12-18/h7-10,14H,4-6,11,13H2,1-3H3. The summed E-state index contributed by atoms with van der Waals surface area (Å²) in [4.78, 5) is 14.2. The Morgan fingerprint density at radius 1 is 1.38 bits per heavy atom. The molecule has 0 saturated heterocycles. The quantitative estimate of drug-likeness (QED) is 0.737. The van der Waals surface area contributed by atoms with Crippen molar-refractivity contribution in [2.45, 2.75) is 46.1 Å². The lowest BCUT2D eigenvalue weighted by molar-refractivity contribution is -0.135. The maximum Gasteiger partial charge on any atom is 0.260 e. The second-order valence-electron chi connectivity index (χ2n) is 5.09. The highest BCUT2D eigenvalue weighted by atomic mass is 16.5. The van der Waals surface area contributed by atoms with Crippen LogP contribution in [0, 0.1) is 11.3 Å². The molecule has 0 aromatic heterocycles. The van der Waals surface area contributed by atoms with Crippen molar-refractivity contribution < 1.29 is 9.53 Å². The summed E-state index contributed by atoms with van der Waals surface area (Å²) in [5.74, 6) is 0.443. The molecular weight excluding hydrogens is 264 g/mol. The number of unbranched alkanes of at least 4 members (excludes halogenated alkanes) is 1. The van der Waals surface area contributed by atoms with Gasteiger partial charge in [0.2, 0.25) is 0 Å². The Labute approximate surface area is 127 Å². The van der Waals surface area contributed by atoms with Crippen LogP contribution in [0.25, 0.3) is 0 Å². The number of nitrogens with zero attached hydrogens (tertiary/aromatic N) is 2. The summed E-state index contributed by atoms with van der Waals surface area (Å²) in [6.07, 6.45) is 2.97. The van der Waals surface area contributed by atoms with Crippen molar-refractivity contribution in [1.82, 2.24) is 4.90 Å². The van der Waals surface area contributed by atoms with Gasteiger partial charge in [-0.3, -0.25) is 4.79 Å². The van der Waals surface area contributed by atoms with Crippen LogP contribution in [0.4, 0.5) is 0 Å². The van der Waals surface area contributed by atoms with Crippen LogP contribution < -0.4 is 4.74 Å². The number of benzene rings is 1. The molecule has 0 saturated carbocycles. The molecule has 1 aromatic rings. The van der Waals surface area contributed by atoms with E-state index in [9.17, 15) is 4.79 Å². The maximum atomic E-state index is 12.3. The summed E-state index contributed by atoms with van der Waals surface area (Å²) in [5, 5.41) is 9.01. The van der Waals surface area contributed by atoms with Gasteiger partial charge in [0.1, 0.15) is 11.8 Å². The summed E-state index contributed by atoms with van der Waals surface area (Å²) < 4.78 is 5.53. The molecule has 1 unspecified atom stereocenters. The summed E-state index contributed by atoms with van der Waals surface area (Å²) in [7, 11) is 0. The minimum atomic E-state index is -0.0226. The number of hydrogen-bond donors (Lipinski definition) is 0. The number of rotatable bonds is 8. The molecule has 1 rings (SSSR count). The molecule has 0 radical (unpaired) electrons. The first-order chi connectivity index (χ1) is 10.1. The zero-order valence-corrected chi connectivity index (χ0v) is 13.1. The third kappa shape index (κ3) is 5.11. The van der Waals surface area contributed by atoms with Crippen LogP contribution in [0.1, 0.15) is 45.6 Å². The zero-order valence-electron chi connectivity index (χ0n) is 13.1. The third-order valence-electron chi connectivity index (χ3n) is 3.55. The first-order valence-electron chi connectivity index (χ1n) is 7.55. The predicted molar refractivity (Wildman–Crippen MR) is 83.0 cm³/mol. The van der Waals surface area contributed by atoms with Crippen molar-refractivity contribution in [3.8, 4) is 11.8 Å². The Kier molecular flexibility index (Phi) is 7.31. The average molecular weight is 288 g/mol. The second kappa shape index (κ2) is 9.02. The van der Waals surface area contributed by atoms with Crippen molar-refractivity contribution in [1.29, 1.82) is 5.26 Å². The number of nitriles is 1. The topological polar surface area (TPSA) is 53.3 Å². The van der Waals surface area contributed by atoms with E-state index in [1.54, 1.807) is 24.3 Å². The smallest absolute Gasteiger partial charge is 0.260 e. The average Bonchev–Trinajstić information content (AvgIpc) is 2.53. The number of ether oxygens (including phenoxy) is 1. The SMILES string of the molecule is CCCCN(C(=O)COc1ccccc1C#N)C(C)CC. The molecule has 0 bridgehead atoms. The van der Waals surface area contributed by atoms with Gasteiger partial charge in [-0.05, 0) is 31.9 Å². The summed E-state index contributed by atoms with van der Waals surface area (Å²) in [6, 6.07) is 9.25. The van der Waals surface area contributed by atoms with Crippen LogP contribution in [0.15, 0.2) is 24.3 Å². The molecule has 0 spiro atoms.